The van der Waals surface area contributed by atoms with Gasteiger partial charge in [0.15, 0.2) is 0 Å². The number of rotatable bonds is 0. The van der Waals surface area contributed by atoms with Gasteiger partial charge < -0.3 is 4.89 Å². The van der Waals surface area contributed by atoms with Crippen LogP contribution in [0, 0.1) is 0 Å². The molecule has 7 heteroatoms. The molecule has 54 valence electrons. The standard InChI is InChI=1S/C2H7O5PSi/c1-9(2)6-5-8(3,4)7-9/h1-2H3,(H,3,4). The lowest BCUT2D eigenvalue weighted by atomic mass is 11.9. The van der Waals surface area contributed by atoms with Crippen LogP contribution in [0.3, 0.4) is 0 Å². The summed E-state index contributed by atoms with van der Waals surface area (Å²) < 4.78 is 23.5. The minimum atomic E-state index is -3.83. The van der Waals surface area contributed by atoms with E-state index in [0.717, 1.165) is 0 Å². The van der Waals surface area contributed by atoms with Crippen molar-refractivity contribution in [3.8, 4) is 0 Å². The molecule has 0 bridgehead atoms. The molecule has 9 heavy (non-hydrogen) atoms. The van der Waals surface area contributed by atoms with Gasteiger partial charge in [-0.15, -0.1) is 4.67 Å². The lowest BCUT2D eigenvalue weighted by molar-refractivity contribution is -0.106. The molecule has 0 amide bonds. The Morgan fingerprint density at radius 1 is 1.56 bits per heavy atom. The molecular weight excluding hydrogens is 163 g/mol. The molecular formula is C2H7O5PSi. The van der Waals surface area contributed by atoms with Gasteiger partial charge in [-0.05, 0) is 13.1 Å². The summed E-state index contributed by atoms with van der Waals surface area (Å²) in [6, 6.07) is 0. The first-order chi connectivity index (χ1) is 3.91. The van der Waals surface area contributed by atoms with Crippen LogP contribution in [0.25, 0.3) is 0 Å². The second-order valence-electron chi connectivity index (χ2n) is 2.12. The molecule has 1 atom stereocenters. The Labute approximate surface area is 53.3 Å². The highest BCUT2D eigenvalue weighted by Gasteiger charge is 2.46. The lowest BCUT2D eigenvalue weighted by Gasteiger charge is -2.04. The SMILES string of the molecule is C[Si]1(C)OOP(=O)(O)O1. The highest BCUT2D eigenvalue weighted by molar-refractivity contribution is 7.49. The predicted octanol–water partition coefficient (Wildman–Crippen LogP) is 0.767. The maximum absolute atomic E-state index is 10.5. The fourth-order valence-corrected chi connectivity index (χ4v) is 4.01. The Kier molecular flexibility index (Phi) is 1.55. The number of hydrogen-bond acceptors (Lipinski definition) is 4. The summed E-state index contributed by atoms with van der Waals surface area (Å²) >= 11 is 0. The molecule has 1 N–H and O–H groups in total. The van der Waals surface area contributed by atoms with E-state index in [2.05, 4.69) is 13.5 Å². The van der Waals surface area contributed by atoms with Gasteiger partial charge in [-0.25, -0.2) is 9.14 Å². The zero-order chi connectivity index (χ0) is 7.12. The van der Waals surface area contributed by atoms with Crippen molar-refractivity contribution in [2.45, 2.75) is 13.1 Å². The fourth-order valence-electron chi connectivity index (χ4n) is 0.445. The van der Waals surface area contributed by atoms with E-state index < -0.39 is 16.4 Å². The van der Waals surface area contributed by atoms with Crippen LogP contribution < -0.4 is 0 Å². The zero-order valence-corrected chi connectivity index (χ0v) is 6.92. The largest absolute Gasteiger partial charge is 0.490 e. The van der Waals surface area contributed by atoms with E-state index in [9.17, 15) is 4.57 Å². The molecule has 1 rings (SSSR count). The third-order valence-corrected chi connectivity index (χ3v) is 4.24. The molecule has 0 radical (unpaired) electrons. The van der Waals surface area contributed by atoms with Crippen LogP contribution in [0.5, 0.6) is 0 Å². The second kappa shape index (κ2) is 1.88. The van der Waals surface area contributed by atoms with E-state index in [0.29, 0.717) is 0 Å². The average molecular weight is 170 g/mol. The first-order valence-corrected chi connectivity index (χ1v) is 6.63. The third kappa shape index (κ3) is 1.86. The normalized spacial score (nSPS) is 41.2. The van der Waals surface area contributed by atoms with Crippen molar-refractivity contribution < 1.29 is 22.9 Å². The maximum atomic E-state index is 10.5. The molecule has 0 spiro atoms. The van der Waals surface area contributed by atoms with E-state index in [1.807, 2.05) is 0 Å². The quantitative estimate of drug-likeness (QED) is 0.330. The van der Waals surface area contributed by atoms with E-state index in [4.69, 9.17) is 4.89 Å². The molecule has 0 saturated carbocycles. The molecule has 1 unspecified atom stereocenters. The van der Waals surface area contributed by atoms with Crippen LogP contribution in [0.2, 0.25) is 13.1 Å². The summed E-state index contributed by atoms with van der Waals surface area (Å²) in [5, 5.41) is 0. The highest BCUT2D eigenvalue weighted by Crippen LogP contribution is 2.52. The van der Waals surface area contributed by atoms with Crippen molar-refractivity contribution in [3.05, 3.63) is 0 Å². The molecule has 1 aliphatic rings. The van der Waals surface area contributed by atoms with Gasteiger partial charge in [-0.2, -0.15) is 0 Å². The first kappa shape index (κ1) is 7.39. The summed E-state index contributed by atoms with van der Waals surface area (Å²) in [7, 11) is -6.24. The number of phosphoric acid groups is 1. The van der Waals surface area contributed by atoms with Crippen LogP contribution in [0.4, 0.5) is 0 Å². The monoisotopic (exact) mass is 170 g/mol. The number of hydrogen-bond donors (Lipinski definition) is 1. The minimum absolute atomic E-state index is 1.61. The summed E-state index contributed by atoms with van der Waals surface area (Å²) in [6.07, 6.45) is 0. The van der Waals surface area contributed by atoms with Gasteiger partial charge in [0.2, 0.25) is 0 Å². The van der Waals surface area contributed by atoms with Gasteiger partial charge in [0.1, 0.15) is 0 Å². The smallest absolute Gasteiger partial charge is 0.302 e. The van der Waals surface area contributed by atoms with Crippen molar-refractivity contribution in [2.75, 3.05) is 0 Å². The van der Waals surface area contributed by atoms with Crippen LogP contribution in [0.15, 0.2) is 0 Å². The molecule has 0 aromatic rings. The van der Waals surface area contributed by atoms with E-state index in [-0.39, 0.29) is 0 Å². The maximum Gasteiger partial charge on any atom is 0.490 e. The fraction of sp³-hybridized carbons (Fsp3) is 1.00. The molecule has 1 fully saturated rings. The van der Waals surface area contributed by atoms with Gasteiger partial charge in [-0.3, -0.25) is 4.21 Å². The molecule has 1 aliphatic heterocycles. The van der Waals surface area contributed by atoms with Gasteiger partial charge in [-0.1, -0.05) is 0 Å². The first-order valence-electron chi connectivity index (χ1n) is 2.32. The van der Waals surface area contributed by atoms with Crippen molar-refractivity contribution in [1.82, 2.24) is 0 Å². The Morgan fingerprint density at radius 3 is 2.22 bits per heavy atom. The molecule has 0 aromatic heterocycles. The second-order valence-corrected chi connectivity index (χ2v) is 6.90. The summed E-state index contributed by atoms with van der Waals surface area (Å²) in [5.41, 5.74) is 0. The Hall–Kier alpha value is 0.287. The third-order valence-electron chi connectivity index (χ3n) is 0.667. The van der Waals surface area contributed by atoms with Crippen molar-refractivity contribution in [1.29, 1.82) is 0 Å². The summed E-state index contributed by atoms with van der Waals surface area (Å²) in [4.78, 5) is 8.55. The average Bonchev–Trinajstić information content (AvgIpc) is 1.78. The van der Waals surface area contributed by atoms with Crippen molar-refractivity contribution >= 4 is 16.4 Å². The Bertz CT molecular complexity index is 166. The van der Waals surface area contributed by atoms with Crippen molar-refractivity contribution in [3.63, 3.8) is 0 Å². The van der Waals surface area contributed by atoms with Gasteiger partial charge in [0, 0.05) is 0 Å². The Balaban J connectivity index is 2.69. The van der Waals surface area contributed by atoms with E-state index >= 15 is 0 Å². The van der Waals surface area contributed by atoms with Gasteiger partial charge in [0.05, 0.1) is 0 Å². The predicted molar refractivity (Wildman–Crippen MR) is 30.6 cm³/mol. The molecule has 1 heterocycles. The van der Waals surface area contributed by atoms with E-state index in [1.165, 1.54) is 0 Å². The highest BCUT2D eigenvalue weighted by atomic mass is 31.2. The van der Waals surface area contributed by atoms with Gasteiger partial charge >= 0.3 is 16.4 Å². The summed E-state index contributed by atoms with van der Waals surface area (Å²) in [5.74, 6) is 0. The minimum Gasteiger partial charge on any atom is -0.302 e. The van der Waals surface area contributed by atoms with Crippen LogP contribution >= 0.6 is 7.82 Å². The lowest BCUT2D eigenvalue weighted by Crippen LogP contribution is -2.25. The van der Waals surface area contributed by atoms with Crippen LogP contribution in [0.1, 0.15) is 0 Å². The topological polar surface area (TPSA) is 65.0 Å². The molecule has 5 nitrogen and oxygen atoms in total. The summed E-state index contributed by atoms with van der Waals surface area (Å²) in [6.45, 7) is 3.23. The zero-order valence-electron chi connectivity index (χ0n) is 5.03. The molecule has 1 saturated heterocycles. The van der Waals surface area contributed by atoms with Gasteiger partial charge in [0.25, 0.3) is 0 Å². The molecule has 0 aromatic carbocycles. The van der Waals surface area contributed by atoms with E-state index in [1.54, 1.807) is 13.1 Å². The van der Waals surface area contributed by atoms with Crippen LogP contribution in [-0.4, -0.2) is 13.5 Å². The van der Waals surface area contributed by atoms with Crippen molar-refractivity contribution in [2.24, 2.45) is 0 Å². The van der Waals surface area contributed by atoms with Crippen LogP contribution in [-0.2, 0) is 18.0 Å². The Morgan fingerprint density at radius 2 is 2.11 bits per heavy atom. The molecule has 0 aliphatic carbocycles.